The molecule has 0 N–H and O–H groups in total. The molecule has 2 nitrogen and oxygen atoms in total. The predicted octanol–water partition coefficient (Wildman–Crippen LogP) is 4.79. The number of hydrogen-bond acceptors (Lipinski definition) is 2. The third-order valence-corrected chi connectivity index (χ3v) is 4.78. The second kappa shape index (κ2) is 7.30. The van der Waals surface area contributed by atoms with E-state index in [0.29, 0.717) is 10.9 Å². The number of rotatable bonds is 5. The Morgan fingerprint density at radius 3 is 2.89 bits per heavy atom. The summed E-state index contributed by atoms with van der Waals surface area (Å²) < 4.78 is 11.1. The molecule has 1 heterocycles. The van der Waals surface area contributed by atoms with Gasteiger partial charge in [-0.25, -0.2) is 0 Å². The second-order valence-corrected chi connectivity index (χ2v) is 6.37. The van der Waals surface area contributed by atoms with Gasteiger partial charge in [0.15, 0.2) is 0 Å². The summed E-state index contributed by atoms with van der Waals surface area (Å²) in [5, 5.41) is 0. The molecule has 0 aliphatic carbocycles. The highest BCUT2D eigenvalue weighted by Gasteiger charge is 2.16. The van der Waals surface area contributed by atoms with E-state index in [0.717, 1.165) is 25.2 Å². The van der Waals surface area contributed by atoms with E-state index >= 15 is 0 Å². The molecule has 1 aromatic carbocycles. The van der Waals surface area contributed by atoms with E-state index in [2.05, 4.69) is 41.1 Å². The quantitative estimate of drug-likeness (QED) is 0.724. The van der Waals surface area contributed by atoms with Gasteiger partial charge in [-0.05, 0) is 56.2 Å². The molecule has 2 unspecified atom stereocenters. The first-order chi connectivity index (χ1) is 9.20. The Balaban J connectivity index is 1.88. The predicted molar refractivity (Wildman–Crippen MR) is 82.2 cm³/mol. The van der Waals surface area contributed by atoms with Gasteiger partial charge in [0.05, 0.1) is 13.2 Å². The molecule has 0 spiro atoms. The van der Waals surface area contributed by atoms with Crippen LogP contribution in [0.3, 0.4) is 0 Å². The van der Waals surface area contributed by atoms with Crippen LogP contribution < -0.4 is 4.74 Å². The molecule has 1 aliphatic rings. The minimum Gasteiger partial charge on any atom is -0.496 e. The molecule has 2 atom stereocenters. The van der Waals surface area contributed by atoms with Crippen molar-refractivity contribution in [1.82, 2.24) is 0 Å². The highest BCUT2D eigenvalue weighted by Crippen LogP contribution is 2.32. The second-order valence-electron chi connectivity index (χ2n) is 5.26. The lowest BCUT2D eigenvalue weighted by atomic mass is 10.00. The number of hydrogen-bond donors (Lipinski definition) is 0. The van der Waals surface area contributed by atoms with Crippen LogP contribution in [0, 0.1) is 6.92 Å². The SMILES string of the molecule is COc1ccc(C(Br)CCC2CCCCO2)cc1C. The maximum Gasteiger partial charge on any atom is 0.121 e. The highest BCUT2D eigenvalue weighted by atomic mass is 79.9. The minimum absolute atomic E-state index is 0.405. The van der Waals surface area contributed by atoms with Crippen molar-refractivity contribution in [3.63, 3.8) is 0 Å². The highest BCUT2D eigenvalue weighted by molar-refractivity contribution is 9.09. The molecular weight excluding hydrogens is 304 g/mol. The molecule has 0 bridgehead atoms. The molecule has 0 aromatic heterocycles. The van der Waals surface area contributed by atoms with Crippen LogP contribution in [0.4, 0.5) is 0 Å². The number of ether oxygens (including phenoxy) is 2. The van der Waals surface area contributed by atoms with Gasteiger partial charge in [-0.2, -0.15) is 0 Å². The molecule has 1 fully saturated rings. The van der Waals surface area contributed by atoms with Gasteiger partial charge in [-0.15, -0.1) is 0 Å². The summed E-state index contributed by atoms with van der Waals surface area (Å²) in [6, 6.07) is 6.41. The van der Waals surface area contributed by atoms with Crippen molar-refractivity contribution in [2.45, 2.75) is 50.0 Å². The fraction of sp³-hybridized carbons (Fsp3) is 0.625. The number of benzene rings is 1. The van der Waals surface area contributed by atoms with Crippen LogP contribution >= 0.6 is 15.9 Å². The lowest BCUT2D eigenvalue weighted by molar-refractivity contribution is 0.0102. The van der Waals surface area contributed by atoms with Gasteiger partial charge in [-0.3, -0.25) is 0 Å². The van der Waals surface area contributed by atoms with Crippen LogP contribution in [0.5, 0.6) is 5.75 Å². The monoisotopic (exact) mass is 326 g/mol. The Kier molecular flexibility index (Phi) is 5.71. The summed E-state index contributed by atoms with van der Waals surface area (Å²) in [5.41, 5.74) is 2.52. The third kappa shape index (κ3) is 4.22. The first-order valence-electron chi connectivity index (χ1n) is 7.11. The van der Waals surface area contributed by atoms with Crippen molar-refractivity contribution in [2.75, 3.05) is 13.7 Å². The Morgan fingerprint density at radius 2 is 2.26 bits per heavy atom. The zero-order chi connectivity index (χ0) is 13.7. The lowest BCUT2D eigenvalue weighted by Gasteiger charge is -2.23. The number of aryl methyl sites for hydroxylation is 1. The van der Waals surface area contributed by atoms with Crippen LogP contribution in [0.25, 0.3) is 0 Å². The van der Waals surface area contributed by atoms with Gasteiger partial charge < -0.3 is 9.47 Å². The number of alkyl halides is 1. The molecule has 3 heteroatoms. The maximum atomic E-state index is 5.78. The molecule has 1 aliphatic heterocycles. The van der Waals surface area contributed by atoms with Crippen LogP contribution in [0.2, 0.25) is 0 Å². The summed E-state index contributed by atoms with van der Waals surface area (Å²) in [4.78, 5) is 0.405. The summed E-state index contributed by atoms with van der Waals surface area (Å²) in [7, 11) is 1.72. The summed E-state index contributed by atoms with van der Waals surface area (Å²) >= 11 is 3.80. The Morgan fingerprint density at radius 1 is 1.42 bits per heavy atom. The van der Waals surface area contributed by atoms with Crippen LogP contribution in [0.15, 0.2) is 18.2 Å². The van der Waals surface area contributed by atoms with E-state index in [1.165, 1.54) is 30.4 Å². The maximum absolute atomic E-state index is 5.78. The van der Waals surface area contributed by atoms with E-state index in [9.17, 15) is 0 Å². The summed E-state index contributed by atoms with van der Waals surface area (Å²) in [6.07, 6.45) is 6.50. The first kappa shape index (κ1) is 14.9. The van der Waals surface area contributed by atoms with Gasteiger partial charge in [0.1, 0.15) is 5.75 Å². The Labute approximate surface area is 124 Å². The van der Waals surface area contributed by atoms with Crippen molar-refractivity contribution in [1.29, 1.82) is 0 Å². The molecule has 2 rings (SSSR count). The van der Waals surface area contributed by atoms with Gasteiger partial charge in [0, 0.05) is 11.4 Å². The van der Waals surface area contributed by atoms with E-state index in [1.54, 1.807) is 7.11 Å². The normalized spacial score (nSPS) is 21.1. The molecule has 1 saturated heterocycles. The fourth-order valence-corrected chi connectivity index (χ4v) is 3.18. The van der Waals surface area contributed by atoms with Gasteiger partial charge in [-0.1, -0.05) is 28.1 Å². The number of halogens is 1. The standard InChI is InChI=1S/C16H23BrO2/c1-12-11-13(6-9-16(12)18-2)15(17)8-7-14-5-3-4-10-19-14/h6,9,11,14-15H,3-5,7-8,10H2,1-2H3. The molecule has 19 heavy (non-hydrogen) atoms. The van der Waals surface area contributed by atoms with Crippen molar-refractivity contribution in [3.8, 4) is 5.75 Å². The van der Waals surface area contributed by atoms with E-state index < -0.39 is 0 Å². The largest absolute Gasteiger partial charge is 0.496 e. The molecular formula is C16H23BrO2. The van der Waals surface area contributed by atoms with E-state index in [1.807, 2.05) is 0 Å². The van der Waals surface area contributed by atoms with Crippen LogP contribution in [-0.4, -0.2) is 19.8 Å². The molecule has 1 aromatic rings. The topological polar surface area (TPSA) is 18.5 Å². The zero-order valence-electron chi connectivity index (χ0n) is 11.8. The van der Waals surface area contributed by atoms with Crippen molar-refractivity contribution < 1.29 is 9.47 Å². The molecule has 106 valence electrons. The zero-order valence-corrected chi connectivity index (χ0v) is 13.4. The van der Waals surface area contributed by atoms with Crippen molar-refractivity contribution in [3.05, 3.63) is 29.3 Å². The number of methoxy groups -OCH3 is 1. The summed E-state index contributed by atoms with van der Waals surface area (Å²) in [5.74, 6) is 0.957. The van der Waals surface area contributed by atoms with Crippen LogP contribution in [-0.2, 0) is 4.74 Å². The van der Waals surface area contributed by atoms with E-state index in [-0.39, 0.29) is 0 Å². The average Bonchev–Trinajstić information content (AvgIpc) is 2.45. The average molecular weight is 327 g/mol. The van der Waals surface area contributed by atoms with Crippen molar-refractivity contribution >= 4 is 15.9 Å². The van der Waals surface area contributed by atoms with Gasteiger partial charge >= 0.3 is 0 Å². The van der Waals surface area contributed by atoms with E-state index in [4.69, 9.17) is 9.47 Å². The minimum atomic E-state index is 0.405. The summed E-state index contributed by atoms with van der Waals surface area (Å²) in [6.45, 7) is 3.03. The lowest BCUT2D eigenvalue weighted by Crippen LogP contribution is -2.19. The molecule has 0 radical (unpaired) electrons. The Bertz CT molecular complexity index is 400. The Hall–Kier alpha value is -0.540. The first-order valence-corrected chi connectivity index (χ1v) is 8.02. The smallest absolute Gasteiger partial charge is 0.121 e. The third-order valence-electron chi connectivity index (χ3n) is 3.80. The molecule has 0 amide bonds. The van der Waals surface area contributed by atoms with Gasteiger partial charge in [0.2, 0.25) is 0 Å². The molecule has 0 saturated carbocycles. The fourth-order valence-electron chi connectivity index (χ4n) is 2.63. The van der Waals surface area contributed by atoms with Gasteiger partial charge in [0.25, 0.3) is 0 Å². The van der Waals surface area contributed by atoms with Crippen LogP contribution in [0.1, 0.15) is 48.1 Å². The van der Waals surface area contributed by atoms with Crippen molar-refractivity contribution in [2.24, 2.45) is 0 Å².